The number of hydrogen-bond acceptors (Lipinski definition) is 8. The molecule has 6 rings (SSSR count). The van der Waals surface area contributed by atoms with Gasteiger partial charge in [0.25, 0.3) is 5.56 Å². The van der Waals surface area contributed by atoms with Crippen molar-refractivity contribution in [2.45, 2.75) is 39.2 Å². The maximum absolute atomic E-state index is 13.1. The molecule has 0 amide bonds. The fourth-order valence-electron chi connectivity index (χ4n) is 5.74. The van der Waals surface area contributed by atoms with Crippen molar-refractivity contribution in [3.8, 4) is 0 Å². The minimum Gasteiger partial charge on any atom is -0.460 e. The van der Waals surface area contributed by atoms with Gasteiger partial charge in [-0.2, -0.15) is 4.98 Å². The molecule has 3 aromatic rings. The summed E-state index contributed by atoms with van der Waals surface area (Å²) in [5.74, 6) is 2.16. The van der Waals surface area contributed by atoms with Crippen molar-refractivity contribution in [1.82, 2.24) is 14.5 Å². The molecule has 2 fully saturated rings. The number of benzene rings is 1. The number of pyridine rings is 1. The average Bonchev–Trinajstić information content (AvgIpc) is 3.71. The van der Waals surface area contributed by atoms with Crippen molar-refractivity contribution in [3.63, 3.8) is 0 Å². The number of aromatic nitrogens is 3. The van der Waals surface area contributed by atoms with Gasteiger partial charge < -0.3 is 24.8 Å². The Morgan fingerprint density at radius 3 is 2.65 bits per heavy atom. The second-order valence-corrected chi connectivity index (χ2v) is 11.3. The van der Waals surface area contributed by atoms with Crippen LogP contribution in [0.3, 0.4) is 0 Å². The Morgan fingerprint density at radius 1 is 1.16 bits per heavy atom. The Bertz CT molecular complexity index is 1440. The van der Waals surface area contributed by atoms with Crippen LogP contribution in [0.4, 0.5) is 23.1 Å². The van der Waals surface area contributed by atoms with Gasteiger partial charge in [0.05, 0.1) is 23.4 Å². The zero-order chi connectivity index (χ0) is 25.8. The summed E-state index contributed by atoms with van der Waals surface area (Å²) < 4.78 is 6.98. The molecule has 0 spiro atoms. The number of hydrogen-bond donors (Lipinski definition) is 2. The van der Waals surface area contributed by atoms with E-state index in [9.17, 15) is 9.59 Å². The predicted octanol–water partition coefficient (Wildman–Crippen LogP) is 4.57. The first kappa shape index (κ1) is 24.0. The van der Waals surface area contributed by atoms with Gasteiger partial charge in [-0.25, -0.2) is 9.78 Å². The third-order valence-corrected chi connectivity index (χ3v) is 7.94. The minimum atomic E-state index is -0.583. The van der Waals surface area contributed by atoms with Crippen LogP contribution in [0.2, 0.25) is 5.02 Å². The molecule has 2 N–H and O–H groups in total. The van der Waals surface area contributed by atoms with E-state index in [1.54, 1.807) is 13.2 Å². The number of piperidine rings is 1. The summed E-state index contributed by atoms with van der Waals surface area (Å²) in [6, 6.07) is 5.66. The number of aryl methyl sites for hydroxylation is 1. The SMILES string of the molecule is C[C@@H]1C[C@H](C)CN(c2ncc(Cl)c(Nc3ccc4c(c3)c3c(c(=O)n4C)C(=O)OC[C@H](C4CC4)N3)n2)C1. The van der Waals surface area contributed by atoms with E-state index in [4.69, 9.17) is 21.3 Å². The number of fused-ring (bicyclic) bond motifs is 3. The number of rotatable bonds is 4. The molecule has 3 atom stereocenters. The number of nitrogens with one attached hydrogen (secondary N) is 2. The summed E-state index contributed by atoms with van der Waals surface area (Å²) in [6.07, 6.45) is 5.00. The van der Waals surface area contributed by atoms with Gasteiger partial charge in [-0.1, -0.05) is 25.4 Å². The standard InChI is InChI=1S/C27H31ClN6O3/c1-14-8-15(2)12-34(11-14)27-29-10-19(28)24(32-27)30-17-6-7-21-18(9-17)23-22(25(35)33(21)3)26(36)37-13-20(31-23)16-4-5-16/h6-7,9-10,14-16,20,31H,4-5,8,11-13H2,1-3H3,(H,29,30,32)/t14-,15+,20-/m1/s1. The third kappa shape index (κ3) is 4.50. The fourth-order valence-corrected chi connectivity index (χ4v) is 5.88. The van der Waals surface area contributed by atoms with Gasteiger partial charge in [-0.15, -0.1) is 0 Å². The van der Waals surface area contributed by atoms with Crippen LogP contribution in [0.1, 0.15) is 43.5 Å². The van der Waals surface area contributed by atoms with Gasteiger partial charge in [0.2, 0.25) is 5.95 Å². The molecule has 2 aromatic heterocycles. The molecule has 0 unspecified atom stereocenters. The van der Waals surface area contributed by atoms with Crippen LogP contribution >= 0.6 is 11.6 Å². The number of esters is 1. The van der Waals surface area contributed by atoms with Crippen molar-refractivity contribution in [1.29, 1.82) is 0 Å². The van der Waals surface area contributed by atoms with Crippen LogP contribution in [0.5, 0.6) is 0 Å². The van der Waals surface area contributed by atoms with Gasteiger partial charge in [-0.05, 0) is 55.2 Å². The Kier molecular flexibility index (Phi) is 5.98. The Balaban J connectivity index is 1.39. The van der Waals surface area contributed by atoms with Gasteiger partial charge >= 0.3 is 5.97 Å². The van der Waals surface area contributed by atoms with Crippen molar-refractivity contribution >= 4 is 51.6 Å². The molecule has 0 bridgehead atoms. The molecule has 9 nitrogen and oxygen atoms in total. The maximum atomic E-state index is 13.1. The molecule has 194 valence electrons. The third-order valence-electron chi connectivity index (χ3n) is 7.66. The van der Waals surface area contributed by atoms with E-state index in [0.717, 1.165) is 42.5 Å². The van der Waals surface area contributed by atoms with Crippen LogP contribution < -0.4 is 21.1 Å². The number of nitrogens with zero attached hydrogens (tertiary/aromatic N) is 4. The van der Waals surface area contributed by atoms with Gasteiger partial charge in [0, 0.05) is 31.2 Å². The average molecular weight is 523 g/mol. The molecule has 37 heavy (non-hydrogen) atoms. The monoisotopic (exact) mass is 522 g/mol. The zero-order valence-electron chi connectivity index (χ0n) is 21.3. The van der Waals surface area contributed by atoms with Gasteiger partial charge in [-0.3, -0.25) is 4.79 Å². The highest BCUT2D eigenvalue weighted by Crippen LogP contribution is 2.38. The highest BCUT2D eigenvalue weighted by molar-refractivity contribution is 6.33. The Hall–Kier alpha value is -3.33. The molecular formula is C27H31ClN6O3. The van der Waals surface area contributed by atoms with E-state index in [-0.39, 0.29) is 23.8 Å². The molecule has 1 saturated heterocycles. The summed E-state index contributed by atoms with van der Waals surface area (Å²) in [7, 11) is 1.67. The lowest BCUT2D eigenvalue weighted by Crippen LogP contribution is -2.39. The number of halogens is 1. The normalized spacial score (nSPS) is 23.7. The highest BCUT2D eigenvalue weighted by atomic mass is 35.5. The Labute approximate surface area is 220 Å². The van der Waals surface area contributed by atoms with E-state index in [2.05, 4.69) is 34.4 Å². The topological polar surface area (TPSA) is 101 Å². The van der Waals surface area contributed by atoms with Crippen LogP contribution in [0, 0.1) is 17.8 Å². The maximum Gasteiger partial charge on any atom is 0.346 e. The quantitative estimate of drug-likeness (QED) is 0.480. The van der Waals surface area contributed by atoms with Crippen LogP contribution in [-0.2, 0) is 11.8 Å². The first-order chi connectivity index (χ1) is 17.8. The van der Waals surface area contributed by atoms with E-state index >= 15 is 0 Å². The molecule has 10 heteroatoms. The number of carbonyl (C=O) groups is 1. The van der Waals surface area contributed by atoms with E-state index in [1.165, 1.54) is 11.0 Å². The van der Waals surface area contributed by atoms with Crippen LogP contribution in [-0.4, -0.2) is 46.2 Å². The minimum absolute atomic E-state index is 0.00897. The molecular weight excluding hydrogens is 492 g/mol. The molecule has 1 aliphatic carbocycles. The Morgan fingerprint density at radius 2 is 1.92 bits per heavy atom. The lowest BCUT2D eigenvalue weighted by Gasteiger charge is -2.35. The number of carbonyl (C=O) groups excluding carboxylic acids is 1. The van der Waals surface area contributed by atoms with Crippen molar-refractivity contribution < 1.29 is 9.53 Å². The van der Waals surface area contributed by atoms with Crippen molar-refractivity contribution in [2.24, 2.45) is 24.8 Å². The number of anilines is 4. The summed E-state index contributed by atoms with van der Waals surface area (Å²) in [5.41, 5.74) is 1.67. The second-order valence-electron chi connectivity index (χ2n) is 10.9. The van der Waals surface area contributed by atoms with E-state index < -0.39 is 5.97 Å². The van der Waals surface area contributed by atoms with E-state index in [1.807, 2.05) is 18.2 Å². The molecule has 2 aliphatic heterocycles. The zero-order valence-corrected chi connectivity index (χ0v) is 22.0. The highest BCUT2D eigenvalue weighted by Gasteiger charge is 2.37. The van der Waals surface area contributed by atoms with Crippen LogP contribution in [0.25, 0.3) is 10.9 Å². The molecule has 1 saturated carbocycles. The predicted molar refractivity (Wildman–Crippen MR) is 145 cm³/mol. The fraction of sp³-hybridized carbons (Fsp3) is 0.481. The van der Waals surface area contributed by atoms with Crippen molar-refractivity contribution in [3.05, 3.63) is 45.3 Å². The first-order valence-electron chi connectivity index (χ1n) is 12.9. The summed E-state index contributed by atoms with van der Waals surface area (Å²) in [5, 5.41) is 7.99. The molecule has 3 aliphatic rings. The van der Waals surface area contributed by atoms with Gasteiger partial charge in [0.1, 0.15) is 17.2 Å². The number of cyclic esters (lactones) is 1. The van der Waals surface area contributed by atoms with E-state index in [0.29, 0.717) is 40.2 Å². The molecule has 1 aromatic carbocycles. The van der Waals surface area contributed by atoms with Gasteiger partial charge in [0.15, 0.2) is 5.82 Å². The smallest absolute Gasteiger partial charge is 0.346 e. The molecule has 4 heterocycles. The number of ether oxygens (including phenoxy) is 1. The largest absolute Gasteiger partial charge is 0.460 e. The summed E-state index contributed by atoms with van der Waals surface area (Å²) >= 11 is 6.50. The molecule has 0 radical (unpaired) electrons. The summed E-state index contributed by atoms with van der Waals surface area (Å²) in [6.45, 7) is 6.58. The second kappa shape index (κ2) is 9.20. The van der Waals surface area contributed by atoms with Crippen LogP contribution in [0.15, 0.2) is 29.2 Å². The lowest BCUT2D eigenvalue weighted by atomic mass is 9.92. The van der Waals surface area contributed by atoms with Crippen molar-refractivity contribution in [2.75, 3.05) is 35.2 Å². The summed E-state index contributed by atoms with van der Waals surface area (Å²) in [4.78, 5) is 37.4. The lowest BCUT2D eigenvalue weighted by molar-refractivity contribution is 0.0491. The first-order valence-corrected chi connectivity index (χ1v) is 13.3.